The molecule has 5 rings (SSSR count). The Hall–Kier alpha value is -4.24. The maximum absolute atomic E-state index is 13.6. The van der Waals surface area contributed by atoms with Crippen molar-refractivity contribution in [3.8, 4) is 17.2 Å². The zero-order valence-corrected chi connectivity index (χ0v) is 21.9. The number of aryl methyl sites for hydroxylation is 1. The number of carbonyl (C=O) groups is 1. The van der Waals surface area contributed by atoms with Gasteiger partial charge in [-0.15, -0.1) is 0 Å². The van der Waals surface area contributed by atoms with Crippen molar-refractivity contribution >= 4 is 32.4 Å². The average molecular weight is 533 g/mol. The molecule has 196 valence electrons. The van der Waals surface area contributed by atoms with Crippen molar-refractivity contribution in [2.75, 3.05) is 31.1 Å². The number of nitrogens with one attached hydrogen (secondary N) is 1. The highest BCUT2D eigenvalue weighted by Gasteiger charge is 2.37. The Morgan fingerprint density at radius 2 is 1.71 bits per heavy atom. The van der Waals surface area contributed by atoms with E-state index in [1.54, 1.807) is 24.3 Å². The first-order chi connectivity index (χ1) is 18.3. The quantitative estimate of drug-likeness (QED) is 0.340. The molecule has 0 saturated heterocycles. The molecular weight excluding hydrogens is 504 g/mol. The number of nitrogens with zero attached hydrogens (tertiary/aromatic N) is 1. The van der Waals surface area contributed by atoms with Crippen molar-refractivity contribution in [3.63, 3.8) is 0 Å². The van der Waals surface area contributed by atoms with E-state index >= 15 is 0 Å². The topological polar surface area (TPSA) is 94.2 Å². The predicted octanol–water partition coefficient (Wildman–Crippen LogP) is 4.31. The summed E-state index contributed by atoms with van der Waals surface area (Å²) in [6, 6.07) is 25.2. The van der Waals surface area contributed by atoms with Gasteiger partial charge >= 0.3 is 0 Å². The Morgan fingerprint density at radius 1 is 0.974 bits per heavy atom. The highest BCUT2D eigenvalue weighted by atomic mass is 32.2. The van der Waals surface area contributed by atoms with E-state index in [9.17, 15) is 13.2 Å². The Labute approximate surface area is 221 Å². The molecule has 0 saturated carbocycles. The van der Waals surface area contributed by atoms with E-state index in [0.717, 1.165) is 16.3 Å². The highest BCUT2D eigenvalue weighted by Crippen LogP contribution is 2.38. The number of methoxy groups -OCH3 is 1. The van der Waals surface area contributed by atoms with E-state index in [2.05, 4.69) is 5.32 Å². The zero-order chi connectivity index (χ0) is 26.7. The van der Waals surface area contributed by atoms with Gasteiger partial charge < -0.3 is 19.5 Å². The van der Waals surface area contributed by atoms with E-state index in [0.29, 0.717) is 22.9 Å². The van der Waals surface area contributed by atoms with Crippen LogP contribution < -0.4 is 23.8 Å². The van der Waals surface area contributed by atoms with Crippen molar-refractivity contribution in [1.29, 1.82) is 0 Å². The molecular formula is C29H28N2O6S. The molecule has 1 unspecified atom stereocenters. The van der Waals surface area contributed by atoms with Gasteiger partial charge in [-0.25, -0.2) is 8.42 Å². The Morgan fingerprint density at radius 3 is 2.47 bits per heavy atom. The number of anilines is 1. The number of ether oxygens (including phenoxy) is 3. The summed E-state index contributed by atoms with van der Waals surface area (Å²) >= 11 is 0. The minimum Gasteiger partial charge on any atom is -0.497 e. The van der Waals surface area contributed by atoms with Crippen molar-refractivity contribution in [3.05, 3.63) is 90.5 Å². The molecule has 0 bridgehead atoms. The summed E-state index contributed by atoms with van der Waals surface area (Å²) in [5, 5.41) is 4.99. The lowest BCUT2D eigenvalue weighted by Gasteiger charge is -2.35. The first-order valence-corrected chi connectivity index (χ1v) is 13.6. The van der Waals surface area contributed by atoms with Crippen molar-refractivity contribution in [1.82, 2.24) is 5.32 Å². The van der Waals surface area contributed by atoms with Gasteiger partial charge in [-0.05, 0) is 71.8 Å². The van der Waals surface area contributed by atoms with Crippen LogP contribution in [0, 0.1) is 6.92 Å². The summed E-state index contributed by atoms with van der Waals surface area (Å²) in [5.74, 6) is 1.15. The maximum Gasteiger partial charge on any atom is 0.264 e. The number of hydrogen-bond acceptors (Lipinski definition) is 6. The number of rotatable bonds is 8. The summed E-state index contributed by atoms with van der Waals surface area (Å²) in [7, 11) is -2.46. The Kier molecular flexibility index (Phi) is 7.11. The third kappa shape index (κ3) is 5.24. The first kappa shape index (κ1) is 25.4. The second-order valence-corrected chi connectivity index (χ2v) is 10.8. The Bertz CT molecular complexity index is 1570. The molecule has 4 aromatic rings. The van der Waals surface area contributed by atoms with Gasteiger partial charge in [0.15, 0.2) is 6.10 Å². The van der Waals surface area contributed by atoms with Crippen LogP contribution in [-0.4, -0.2) is 47.2 Å². The largest absolute Gasteiger partial charge is 0.497 e. The SMILES string of the molecule is COc1ccc(S(=O)(=O)N2CC(C(=O)NCCOc3ccc4ccccc4c3)Oc3ccc(C)cc32)cc1. The molecule has 1 N–H and O–H groups in total. The molecule has 4 aromatic carbocycles. The smallest absolute Gasteiger partial charge is 0.264 e. The molecule has 1 heterocycles. The third-order valence-electron chi connectivity index (χ3n) is 6.31. The van der Waals surface area contributed by atoms with E-state index < -0.39 is 22.0 Å². The molecule has 1 aliphatic heterocycles. The molecule has 0 fully saturated rings. The molecule has 38 heavy (non-hydrogen) atoms. The van der Waals surface area contributed by atoms with Gasteiger partial charge in [0.25, 0.3) is 15.9 Å². The van der Waals surface area contributed by atoms with Crippen LogP contribution >= 0.6 is 0 Å². The number of fused-ring (bicyclic) bond motifs is 2. The van der Waals surface area contributed by atoms with Gasteiger partial charge in [0.1, 0.15) is 23.9 Å². The maximum atomic E-state index is 13.6. The monoisotopic (exact) mass is 532 g/mol. The van der Waals surface area contributed by atoms with Crippen LogP contribution in [0.1, 0.15) is 5.56 Å². The molecule has 0 radical (unpaired) electrons. The second kappa shape index (κ2) is 10.6. The molecule has 9 heteroatoms. The van der Waals surface area contributed by atoms with Gasteiger partial charge in [0, 0.05) is 0 Å². The predicted molar refractivity (Wildman–Crippen MR) is 146 cm³/mol. The fourth-order valence-corrected chi connectivity index (χ4v) is 5.78. The van der Waals surface area contributed by atoms with Gasteiger partial charge in [0.2, 0.25) is 0 Å². The highest BCUT2D eigenvalue weighted by molar-refractivity contribution is 7.92. The second-order valence-electron chi connectivity index (χ2n) is 8.94. The first-order valence-electron chi connectivity index (χ1n) is 12.2. The minimum atomic E-state index is -3.97. The van der Waals surface area contributed by atoms with Crippen LogP contribution in [0.2, 0.25) is 0 Å². The molecule has 8 nitrogen and oxygen atoms in total. The number of hydrogen-bond donors (Lipinski definition) is 1. The lowest BCUT2D eigenvalue weighted by atomic mass is 10.1. The van der Waals surface area contributed by atoms with E-state index in [-0.39, 0.29) is 24.6 Å². The van der Waals surface area contributed by atoms with Crippen LogP contribution in [0.25, 0.3) is 10.8 Å². The fraction of sp³-hybridized carbons (Fsp3) is 0.207. The van der Waals surface area contributed by atoms with Crippen molar-refractivity contribution in [2.24, 2.45) is 0 Å². The van der Waals surface area contributed by atoms with Gasteiger partial charge in [0.05, 0.1) is 30.8 Å². The normalized spacial score (nSPS) is 14.9. The van der Waals surface area contributed by atoms with Gasteiger partial charge in [-0.2, -0.15) is 0 Å². The van der Waals surface area contributed by atoms with E-state index in [4.69, 9.17) is 14.2 Å². The van der Waals surface area contributed by atoms with Crippen LogP contribution in [0.5, 0.6) is 17.2 Å². The van der Waals surface area contributed by atoms with Crippen LogP contribution in [-0.2, 0) is 14.8 Å². The summed E-state index contributed by atoms with van der Waals surface area (Å²) in [6.07, 6.45) is -1.03. The van der Waals surface area contributed by atoms with E-state index in [1.165, 1.54) is 23.5 Å². The molecule has 1 aliphatic rings. The summed E-state index contributed by atoms with van der Waals surface area (Å²) in [4.78, 5) is 13.1. The van der Waals surface area contributed by atoms with E-state index in [1.807, 2.05) is 55.5 Å². The van der Waals surface area contributed by atoms with Crippen LogP contribution in [0.3, 0.4) is 0 Å². The van der Waals surface area contributed by atoms with Crippen LogP contribution in [0.15, 0.2) is 89.8 Å². The van der Waals surface area contributed by atoms with Crippen LogP contribution in [0.4, 0.5) is 5.69 Å². The molecule has 0 aliphatic carbocycles. The van der Waals surface area contributed by atoms with Crippen molar-refractivity contribution in [2.45, 2.75) is 17.9 Å². The zero-order valence-electron chi connectivity index (χ0n) is 21.1. The van der Waals surface area contributed by atoms with Gasteiger partial charge in [-0.3, -0.25) is 9.10 Å². The number of benzene rings is 4. The standard InChI is InChI=1S/C29H28N2O6S/c1-20-7-14-27-26(17-20)31(38(33,34)25-12-10-23(35-2)11-13-25)19-28(37-27)29(32)30-15-16-36-24-9-8-21-5-3-4-6-22(21)18-24/h3-14,17-18,28H,15-16,19H2,1-2H3,(H,30,32). The summed E-state index contributed by atoms with van der Waals surface area (Å²) < 4.78 is 45.3. The average Bonchev–Trinajstić information content (AvgIpc) is 2.94. The number of carbonyl (C=O) groups excluding carboxylic acids is 1. The Balaban J connectivity index is 1.28. The molecule has 0 aromatic heterocycles. The lowest BCUT2D eigenvalue weighted by molar-refractivity contribution is -0.127. The summed E-state index contributed by atoms with van der Waals surface area (Å²) in [5.41, 5.74) is 1.26. The van der Waals surface area contributed by atoms with Crippen molar-refractivity contribution < 1.29 is 27.4 Å². The number of amides is 1. The lowest BCUT2D eigenvalue weighted by Crippen LogP contribution is -2.51. The summed E-state index contributed by atoms with van der Waals surface area (Å²) in [6.45, 7) is 2.19. The molecule has 0 spiro atoms. The molecule has 1 amide bonds. The minimum absolute atomic E-state index is 0.0931. The van der Waals surface area contributed by atoms with Gasteiger partial charge in [-0.1, -0.05) is 36.4 Å². The third-order valence-corrected chi connectivity index (χ3v) is 8.11. The fourth-order valence-electron chi connectivity index (χ4n) is 4.31. The molecule has 1 atom stereocenters. The number of sulfonamides is 1.